The topological polar surface area (TPSA) is 69.6 Å². The molecule has 0 aliphatic rings. The van der Waals surface area contributed by atoms with Crippen LogP contribution in [-0.4, -0.2) is 35.6 Å². The van der Waals surface area contributed by atoms with Gasteiger partial charge in [0, 0.05) is 23.2 Å². The van der Waals surface area contributed by atoms with Crippen LogP contribution >= 0.6 is 11.3 Å². The molecule has 0 atom stereocenters. The molecule has 2 N–H and O–H groups in total. The number of urea groups is 1. The second-order valence-corrected chi connectivity index (χ2v) is 5.64. The number of benzene rings is 1. The van der Waals surface area contributed by atoms with Crippen LogP contribution in [0.5, 0.6) is 0 Å². The number of nitrogens with zero attached hydrogens (tertiary/aromatic N) is 1. The Kier molecular flexibility index (Phi) is 4.57. The van der Waals surface area contributed by atoms with E-state index in [1.807, 2.05) is 24.3 Å². The van der Waals surface area contributed by atoms with Crippen LogP contribution in [-0.2, 0) is 11.3 Å². The van der Waals surface area contributed by atoms with E-state index in [9.17, 15) is 9.59 Å². The molecule has 20 heavy (non-hydrogen) atoms. The Hall–Kier alpha value is -2.08. The highest BCUT2D eigenvalue weighted by atomic mass is 32.1. The molecule has 0 saturated heterocycles. The molecule has 0 saturated carbocycles. The van der Waals surface area contributed by atoms with Crippen molar-refractivity contribution in [3.8, 4) is 0 Å². The summed E-state index contributed by atoms with van der Waals surface area (Å²) in [6, 6.07) is 9.85. The largest absolute Gasteiger partial charge is 0.481 e. The molecule has 5 nitrogen and oxygen atoms in total. The van der Waals surface area contributed by atoms with Crippen molar-refractivity contribution in [1.29, 1.82) is 0 Å². The molecule has 0 unspecified atom stereocenters. The lowest BCUT2D eigenvalue weighted by molar-refractivity contribution is -0.137. The van der Waals surface area contributed by atoms with Crippen LogP contribution in [0.3, 0.4) is 0 Å². The Bertz CT molecular complexity index is 591. The highest BCUT2D eigenvalue weighted by Gasteiger charge is 2.10. The third kappa shape index (κ3) is 3.71. The van der Waals surface area contributed by atoms with Gasteiger partial charge >= 0.3 is 12.0 Å². The third-order valence-corrected chi connectivity index (χ3v) is 4.01. The van der Waals surface area contributed by atoms with Crippen molar-refractivity contribution < 1.29 is 14.7 Å². The van der Waals surface area contributed by atoms with Crippen molar-refractivity contribution in [1.82, 2.24) is 10.2 Å². The molecule has 1 aromatic heterocycles. The van der Waals surface area contributed by atoms with Gasteiger partial charge in [-0.3, -0.25) is 4.79 Å². The first-order valence-corrected chi connectivity index (χ1v) is 7.06. The van der Waals surface area contributed by atoms with Gasteiger partial charge in [-0.05, 0) is 17.5 Å². The van der Waals surface area contributed by atoms with E-state index in [-0.39, 0.29) is 19.0 Å². The quantitative estimate of drug-likeness (QED) is 0.889. The second kappa shape index (κ2) is 6.38. The molecule has 6 heteroatoms. The number of fused-ring (bicyclic) bond motifs is 1. The van der Waals surface area contributed by atoms with Gasteiger partial charge in [0.15, 0.2) is 0 Å². The highest BCUT2D eigenvalue weighted by molar-refractivity contribution is 7.19. The highest BCUT2D eigenvalue weighted by Crippen LogP contribution is 2.24. The van der Waals surface area contributed by atoms with Gasteiger partial charge in [0.05, 0.1) is 13.0 Å². The first kappa shape index (κ1) is 14.3. The molecule has 106 valence electrons. The minimum Gasteiger partial charge on any atom is -0.481 e. The fraction of sp³-hybridized carbons (Fsp3) is 0.286. The molecular formula is C14H16N2O3S. The summed E-state index contributed by atoms with van der Waals surface area (Å²) in [6.45, 7) is 0.656. The van der Waals surface area contributed by atoms with Gasteiger partial charge in [0.1, 0.15) is 0 Å². The molecule has 0 aliphatic carbocycles. The van der Waals surface area contributed by atoms with Gasteiger partial charge in [0.25, 0.3) is 0 Å². The standard InChI is InChI=1S/C14H16N2O3S/c1-16(7-6-13(17)18)14(19)15-9-11-8-10-4-2-3-5-12(10)20-11/h2-5,8H,6-7,9H2,1H3,(H,15,19)(H,17,18). The second-order valence-electron chi connectivity index (χ2n) is 4.47. The number of carboxylic acid groups (broad SMARTS) is 1. The van der Waals surface area contributed by atoms with Crippen molar-refractivity contribution >= 4 is 33.4 Å². The number of rotatable bonds is 5. The van der Waals surface area contributed by atoms with E-state index in [1.54, 1.807) is 18.4 Å². The molecule has 2 rings (SSSR count). The van der Waals surface area contributed by atoms with E-state index in [0.717, 1.165) is 4.88 Å². The third-order valence-electron chi connectivity index (χ3n) is 2.90. The van der Waals surface area contributed by atoms with Crippen molar-refractivity contribution in [3.63, 3.8) is 0 Å². The number of carbonyl (C=O) groups is 2. The molecular weight excluding hydrogens is 276 g/mol. The van der Waals surface area contributed by atoms with Crippen LogP contribution in [0.4, 0.5) is 4.79 Å². The molecule has 1 heterocycles. The predicted molar refractivity (Wildman–Crippen MR) is 78.9 cm³/mol. The molecule has 0 aliphatic heterocycles. The normalized spacial score (nSPS) is 10.4. The fourth-order valence-electron chi connectivity index (χ4n) is 1.79. The van der Waals surface area contributed by atoms with Crippen LogP contribution < -0.4 is 5.32 Å². The van der Waals surface area contributed by atoms with Gasteiger partial charge in [-0.15, -0.1) is 11.3 Å². The van der Waals surface area contributed by atoms with Gasteiger partial charge in [-0.25, -0.2) is 4.79 Å². The zero-order valence-electron chi connectivity index (χ0n) is 11.1. The number of aliphatic carboxylic acids is 1. The van der Waals surface area contributed by atoms with E-state index < -0.39 is 5.97 Å². The minimum absolute atomic E-state index is 0.0488. The number of thiophene rings is 1. The van der Waals surface area contributed by atoms with Gasteiger partial charge in [-0.1, -0.05) is 18.2 Å². The van der Waals surface area contributed by atoms with Crippen LogP contribution in [0, 0.1) is 0 Å². The van der Waals surface area contributed by atoms with E-state index in [0.29, 0.717) is 6.54 Å². The van der Waals surface area contributed by atoms with Gasteiger partial charge in [-0.2, -0.15) is 0 Å². The summed E-state index contributed by atoms with van der Waals surface area (Å²) in [4.78, 5) is 24.7. The summed E-state index contributed by atoms with van der Waals surface area (Å²) in [6.07, 6.45) is -0.0488. The summed E-state index contributed by atoms with van der Waals surface area (Å²) < 4.78 is 1.19. The van der Waals surface area contributed by atoms with Crippen LogP contribution in [0.1, 0.15) is 11.3 Å². The Morgan fingerprint density at radius 1 is 1.35 bits per heavy atom. The van der Waals surface area contributed by atoms with Crippen molar-refractivity contribution in [3.05, 3.63) is 35.2 Å². The van der Waals surface area contributed by atoms with E-state index in [2.05, 4.69) is 11.4 Å². The maximum Gasteiger partial charge on any atom is 0.317 e. The molecule has 0 fully saturated rings. The summed E-state index contributed by atoms with van der Waals surface area (Å²) in [5.41, 5.74) is 0. The van der Waals surface area contributed by atoms with Crippen LogP contribution in [0.15, 0.2) is 30.3 Å². The Balaban J connectivity index is 1.87. The smallest absolute Gasteiger partial charge is 0.317 e. The number of carbonyl (C=O) groups excluding carboxylic acids is 1. The lowest BCUT2D eigenvalue weighted by Gasteiger charge is -2.16. The first-order chi connectivity index (χ1) is 9.56. The van der Waals surface area contributed by atoms with Crippen molar-refractivity contribution in [2.24, 2.45) is 0 Å². The summed E-state index contributed by atoms with van der Waals surface area (Å²) >= 11 is 1.64. The average Bonchev–Trinajstić information content (AvgIpc) is 2.84. The Morgan fingerprint density at radius 3 is 2.80 bits per heavy atom. The monoisotopic (exact) mass is 292 g/mol. The number of carboxylic acids is 1. The van der Waals surface area contributed by atoms with E-state index >= 15 is 0 Å². The van der Waals surface area contributed by atoms with E-state index in [4.69, 9.17) is 5.11 Å². The lowest BCUT2D eigenvalue weighted by Crippen LogP contribution is -2.37. The summed E-state index contributed by atoms with van der Waals surface area (Å²) in [5.74, 6) is -0.908. The van der Waals surface area contributed by atoms with Crippen LogP contribution in [0.25, 0.3) is 10.1 Å². The molecule has 0 spiro atoms. The van der Waals surface area contributed by atoms with Gasteiger partial charge < -0.3 is 15.3 Å². The maximum atomic E-state index is 11.8. The average molecular weight is 292 g/mol. The Morgan fingerprint density at radius 2 is 2.10 bits per heavy atom. The SMILES string of the molecule is CN(CCC(=O)O)C(=O)NCc1cc2ccccc2s1. The van der Waals surface area contributed by atoms with Crippen LogP contribution in [0.2, 0.25) is 0 Å². The lowest BCUT2D eigenvalue weighted by atomic mass is 10.2. The predicted octanol–water partition coefficient (Wildman–Crippen LogP) is 2.52. The molecule has 0 bridgehead atoms. The fourth-order valence-corrected chi connectivity index (χ4v) is 2.79. The van der Waals surface area contributed by atoms with Crippen molar-refractivity contribution in [2.45, 2.75) is 13.0 Å². The number of amides is 2. The minimum atomic E-state index is -0.908. The zero-order valence-corrected chi connectivity index (χ0v) is 11.9. The summed E-state index contributed by atoms with van der Waals surface area (Å²) in [5, 5.41) is 12.5. The molecule has 2 amide bonds. The summed E-state index contributed by atoms with van der Waals surface area (Å²) in [7, 11) is 1.59. The van der Waals surface area contributed by atoms with Gasteiger partial charge in [0.2, 0.25) is 0 Å². The first-order valence-electron chi connectivity index (χ1n) is 6.24. The molecule has 1 aromatic carbocycles. The Labute approximate surface area is 120 Å². The number of hydrogen-bond acceptors (Lipinski definition) is 3. The van der Waals surface area contributed by atoms with Crippen molar-refractivity contribution in [2.75, 3.05) is 13.6 Å². The molecule has 2 aromatic rings. The van der Waals surface area contributed by atoms with E-state index in [1.165, 1.54) is 15.0 Å². The molecule has 0 radical (unpaired) electrons. The zero-order chi connectivity index (χ0) is 14.5. The maximum absolute atomic E-state index is 11.8. The number of hydrogen-bond donors (Lipinski definition) is 2. The number of nitrogens with one attached hydrogen (secondary N) is 1.